The van der Waals surface area contributed by atoms with E-state index < -0.39 is 0 Å². The molecule has 1 fully saturated rings. The van der Waals surface area contributed by atoms with Crippen molar-refractivity contribution >= 4 is 11.4 Å². The summed E-state index contributed by atoms with van der Waals surface area (Å²) in [6.45, 7) is 21.4. The van der Waals surface area contributed by atoms with Gasteiger partial charge in [0, 0.05) is 24.5 Å². The Bertz CT molecular complexity index is 763. The summed E-state index contributed by atoms with van der Waals surface area (Å²) in [4.78, 5) is 5.18. The molecule has 2 aromatic rings. The van der Waals surface area contributed by atoms with Crippen LogP contribution >= 0.6 is 0 Å². The maximum absolute atomic E-state index is 2.59. The largest absolute Gasteiger partial charge is 0.352 e. The minimum atomic E-state index is 0.542. The van der Waals surface area contributed by atoms with E-state index in [1.165, 1.54) is 44.8 Å². The molecule has 27 heavy (non-hydrogen) atoms. The van der Waals surface area contributed by atoms with Gasteiger partial charge in [0.25, 0.3) is 0 Å². The molecule has 2 nitrogen and oxygen atoms in total. The predicted octanol–water partition coefficient (Wildman–Crippen LogP) is 6.45. The summed E-state index contributed by atoms with van der Waals surface area (Å²) in [7, 11) is 0. The van der Waals surface area contributed by atoms with Gasteiger partial charge < -0.3 is 9.80 Å². The summed E-state index contributed by atoms with van der Waals surface area (Å²) >= 11 is 0. The van der Waals surface area contributed by atoms with Crippen LogP contribution in [0.3, 0.4) is 0 Å². The number of aryl methyl sites for hydroxylation is 4. The van der Waals surface area contributed by atoms with Gasteiger partial charge in [0.2, 0.25) is 0 Å². The van der Waals surface area contributed by atoms with Crippen LogP contribution in [0, 0.1) is 27.7 Å². The average Bonchev–Trinajstić information content (AvgIpc) is 3.02. The van der Waals surface area contributed by atoms with Crippen LogP contribution < -0.4 is 9.80 Å². The molecule has 2 heteroatoms. The number of nitrogens with zero attached hydrogens (tertiary/aromatic N) is 2. The lowest BCUT2D eigenvalue weighted by Gasteiger charge is -2.29. The molecule has 0 atom stereocenters. The van der Waals surface area contributed by atoms with Crippen LogP contribution in [0.4, 0.5) is 11.4 Å². The van der Waals surface area contributed by atoms with Gasteiger partial charge in [0.15, 0.2) is 0 Å². The molecule has 0 unspecified atom stereocenters. The zero-order valence-electron chi connectivity index (χ0n) is 18.5. The van der Waals surface area contributed by atoms with Crippen molar-refractivity contribution in [2.75, 3.05) is 29.6 Å². The molecular weight excluding hydrogens is 328 g/mol. The molecule has 1 heterocycles. The highest BCUT2D eigenvalue weighted by Gasteiger charge is 2.27. The Balaban J connectivity index is 1.98. The van der Waals surface area contributed by atoms with Crippen LogP contribution in [-0.2, 0) is 0 Å². The monoisotopic (exact) mass is 364 g/mol. The van der Waals surface area contributed by atoms with Crippen LogP contribution in [-0.4, -0.2) is 19.8 Å². The van der Waals surface area contributed by atoms with Crippen LogP contribution in [0.5, 0.6) is 0 Å². The molecule has 1 aliphatic heterocycles. The highest BCUT2D eigenvalue weighted by atomic mass is 15.4. The van der Waals surface area contributed by atoms with Crippen LogP contribution in [0.25, 0.3) is 0 Å². The Morgan fingerprint density at radius 1 is 0.630 bits per heavy atom. The third kappa shape index (κ3) is 3.85. The lowest BCUT2D eigenvalue weighted by molar-refractivity contribution is 0.830. The summed E-state index contributed by atoms with van der Waals surface area (Å²) in [6, 6.07) is 9.43. The molecule has 0 bridgehead atoms. The zero-order chi connectivity index (χ0) is 19.9. The molecule has 1 aliphatic rings. The van der Waals surface area contributed by atoms with Gasteiger partial charge in [-0.05, 0) is 61.8 Å². The fourth-order valence-corrected chi connectivity index (χ4v) is 4.68. The van der Waals surface area contributed by atoms with E-state index in [4.69, 9.17) is 0 Å². The van der Waals surface area contributed by atoms with E-state index in [2.05, 4.69) is 89.5 Å². The summed E-state index contributed by atoms with van der Waals surface area (Å²) in [6.07, 6.45) is 0. The Kier molecular flexibility index (Phi) is 5.55. The van der Waals surface area contributed by atoms with Crippen molar-refractivity contribution < 1.29 is 0 Å². The number of hydrogen-bond acceptors (Lipinski definition) is 2. The SMILES string of the molecule is Cc1cc(C)c(N2CCN(c3c(C)cc(C)cc3C(C)C)C2)c(C(C)C)c1. The zero-order valence-corrected chi connectivity index (χ0v) is 18.5. The summed E-state index contributed by atoms with van der Waals surface area (Å²) in [5, 5.41) is 0. The smallest absolute Gasteiger partial charge is 0.0904 e. The van der Waals surface area contributed by atoms with E-state index in [9.17, 15) is 0 Å². The molecular formula is C25H36N2. The average molecular weight is 365 g/mol. The first kappa shape index (κ1) is 19.8. The highest BCUT2D eigenvalue weighted by molar-refractivity contribution is 5.67. The van der Waals surface area contributed by atoms with Crippen molar-refractivity contribution in [1.29, 1.82) is 0 Å². The van der Waals surface area contributed by atoms with E-state index in [-0.39, 0.29) is 0 Å². The molecule has 0 N–H and O–H groups in total. The van der Waals surface area contributed by atoms with Crippen LogP contribution in [0.1, 0.15) is 72.9 Å². The summed E-state index contributed by atoms with van der Waals surface area (Å²) < 4.78 is 0. The van der Waals surface area contributed by atoms with Crippen molar-refractivity contribution in [3.8, 4) is 0 Å². The standard InChI is InChI=1S/C25H36N2/c1-16(2)22-13-18(5)11-20(7)24(22)26-9-10-27(15-26)25-21(8)12-19(6)14-23(25)17(3)4/h11-14,16-17H,9-10,15H2,1-8H3. The Labute approximate surface area is 166 Å². The topological polar surface area (TPSA) is 6.48 Å². The maximum atomic E-state index is 2.59. The van der Waals surface area contributed by atoms with Crippen molar-refractivity contribution in [3.63, 3.8) is 0 Å². The van der Waals surface area contributed by atoms with Gasteiger partial charge in [0.1, 0.15) is 0 Å². The molecule has 1 saturated heterocycles. The second-order valence-electron chi connectivity index (χ2n) is 9.02. The Morgan fingerprint density at radius 2 is 1.00 bits per heavy atom. The van der Waals surface area contributed by atoms with Gasteiger partial charge in [-0.3, -0.25) is 0 Å². The van der Waals surface area contributed by atoms with Crippen molar-refractivity contribution in [2.24, 2.45) is 0 Å². The number of hydrogen-bond donors (Lipinski definition) is 0. The van der Waals surface area contributed by atoms with Gasteiger partial charge in [-0.2, -0.15) is 0 Å². The van der Waals surface area contributed by atoms with Crippen LogP contribution in [0.15, 0.2) is 24.3 Å². The molecule has 0 saturated carbocycles. The number of anilines is 2. The van der Waals surface area contributed by atoms with Gasteiger partial charge in [-0.15, -0.1) is 0 Å². The van der Waals surface area contributed by atoms with E-state index >= 15 is 0 Å². The third-order valence-electron chi connectivity index (χ3n) is 5.81. The van der Waals surface area contributed by atoms with E-state index in [1.54, 1.807) is 0 Å². The van der Waals surface area contributed by atoms with Gasteiger partial charge in [-0.25, -0.2) is 0 Å². The quantitative estimate of drug-likeness (QED) is 0.615. The second-order valence-corrected chi connectivity index (χ2v) is 9.02. The van der Waals surface area contributed by atoms with E-state index in [0.29, 0.717) is 11.8 Å². The normalized spacial score (nSPS) is 14.7. The van der Waals surface area contributed by atoms with Crippen molar-refractivity contribution in [1.82, 2.24) is 0 Å². The van der Waals surface area contributed by atoms with Gasteiger partial charge in [-0.1, -0.05) is 63.1 Å². The third-order valence-corrected chi connectivity index (χ3v) is 5.81. The Hall–Kier alpha value is -1.96. The summed E-state index contributed by atoms with van der Waals surface area (Å²) in [5.41, 5.74) is 11.4. The maximum Gasteiger partial charge on any atom is 0.0904 e. The first-order valence-corrected chi connectivity index (χ1v) is 10.4. The highest BCUT2D eigenvalue weighted by Crippen LogP contribution is 2.37. The van der Waals surface area contributed by atoms with Gasteiger partial charge in [0.05, 0.1) is 6.67 Å². The van der Waals surface area contributed by atoms with Crippen molar-refractivity contribution in [2.45, 2.75) is 67.2 Å². The first-order chi connectivity index (χ1) is 12.7. The molecule has 146 valence electrons. The molecule has 0 spiro atoms. The summed E-state index contributed by atoms with van der Waals surface area (Å²) in [5.74, 6) is 1.08. The molecule has 0 radical (unpaired) electrons. The second kappa shape index (κ2) is 7.58. The number of rotatable bonds is 4. The van der Waals surface area contributed by atoms with E-state index in [1.807, 2.05) is 0 Å². The molecule has 2 aromatic carbocycles. The predicted molar refractivity (Wildman–Crippen MR) is 120 cm³/mol. The minimum Gasteiger partial charge on any atom is -0.352 e. The lowest BCUT2D eigenvalue weighted by Crippen LogP contribution is -2.28. The first-order valence-electron chi connectivity index (χ1n) is 10.4. The minimum absolute atomic E-state index is 0.542. The van der Waals surface area contributed by atoms with Gasteiger partial charge >= 0.3 is 0 Å². The molecule has 3 rings (SSSR count). The molecule has 0 aromatic heterocycles. The van der Waals surface area contributed by atoms with Crippen molar-refractivity contribution in [3.05, 3.63) is 57.6 Å². The number of benzene rings is 2. The van der Waals surface area contributed by atoms with E-state index in [0.717, 1.165) is 19.8 Å². The Morgan fingerprint density at radius 3 is 1.33 bits per heavy atom. The molecule has 0 amide bonds. The molecule has 0 aliphatic carbocycles. The fraction of sp³-hybridized carbons (Fsp3) is 0.520. The fourth-order valence-electron chi connectivity index (χ4n) is 4.68. The lowest BCUT2D eigenvalue weighted by atomic mass is 9.95. The van der Waals surface area contributed by atoms with Crippen LogP contribution in [0.2, 0.25) is 0 Å².